The van der Waals surface area contributed by atoms with Crippen LogP contribution in [-0.2, 0) is 22.7 Å². The highest BCUT2D eigenvalue weighted by molar-refractivity contribution is 7.90. The number of nitrogens with zero attached hydrogens (tertiary/aromatic N) is 10. The second kappa shape index (κ2) is 21.2. The van der Waals surface area contributed by atoms with Gasteiger partial charge in [0.15, 0.2) is 11.5 Å². The zero-order valence-corrected chi connectivity index (χ0v) is 38.6. The molecule has 6 aromatic heterocycles. The number of aromatic nitrogens is 10. The predicted molar refractivity (Wildman–Crippen MR) is 250 cm³/mol. The summed E-state index contributed by atoms with van der Waals surface area (Å²) in [7, 11) is -3.57. The van der Waals surface area contributed by atoms with Gasteiger partial charge >= 0.3 is 0 Å². The Balaban J connectivity index is 0.000000181. The Morgan fingerprint density at radius 1 is 0.662 bits per heavy atom. The lowest BCUT2D eigenvalue weighted by molar-refractivity contribution is 0.0861. The van der Waals surface area contributed by atoms with Gasteiger partial charge in [-0.25, -0.2) is 8.42 Å². The molecular weight excluding hydrogens is 901 g/mol. The number of carbonyl (C=O) groups is 2. The van der Waals surface area contributed by atoms with Crippen LogP contribution in [0.4, 0.5) is 17.8 Å². The molecule has 0 radical (unpaired) electrons. The van der Waals surface area contributed by atoms with Crippen LogP contribution in [0.25, 0.3) is 34.7 Å². The van der Waals surface area contributed by atoms with Gasteiger partial charge in [-0.2, -0.15) is 38.9 Å². The molecule has 24 nitrogen and oxygen atoms in total. The minimum absolute atomic E-state index is 0.0410. The van der Waals surface area contributed by atoms with Gasteiger partial charge in [0.1, 0.15) is 0 Å². The van der Waals surface area contributed by atoms with Crippen molar-refractivity contribution in [2.45, 2.75) is 56.8 Å². The smallest absolute Gasteiger partial charge is 0.259 e. The summed E-state index contributed by atoms with van der Waals surface area (Å²) in [5, 5.41) is 35.0. The van der Waals surface area contributed by atoms with Gasteiger partial charge in [0, 0.05) is 23.9 Å². The Kier molecular flexibility index (Phi) is 15.4. The van der Waals surface area contributed by atoms with E-state index in [-0.39, 0.29) is 48.5 Å². The fourth-order valence-corrected chi connectivity index (χ4v) is 6.33. The molecule has 0 saturated heterocycles. The minimum atomic E-state index is -3.57. The molecular formula is C43H52N16O8S. The Labute approximate surface area is 389 Å². The van der Waals surface area contributed by atoms with Gasteiger partial charge < -0.3 is 52.2 Å². The summed E-state index contributed by atoms with van der Waals surface area (Å²) in [5.41, 5.74) is 19.1. The molecule has 0 unspecified atom stereocenters. The number of furan rings is 2. The number of anilines is 3. The SMILES string of the molecule is CC(C)(CO)NC(=O)c1ccc(CCN)cc1.CC(C)(CO)NC(=O)c1ccc(CCNc2nc(N)n3nc(-c4ccco4)nc3n2)cc1.CS(=O)(=O)c1nc(N)n2nc(-c3ccco3)nc2n1. The molecule has 358 valence electrons. The molecule has 8 aromatic rings. The lowest BCUT2D eigenvalue weighted by Gasteiger charge is -2.23. The number of sulfone groups is 1. The molecule has 0 spiro atoms. The van der Waals surface area contributed by atoms with Gasteiger partial charge in [0.05, 0.1) is 36.8 Å². The molecule has 2 amide bonds. The van der Waals surface area contributed by atoms with Crippen molar-refractivity contribution in [2.24, 2.45) is 5.73 Å². The van der Waals surface area contributed by atoms with E-state index in [4.69, 9.17) is 31.1 Å². The zero-order valence-electron chi connectivity index (χ0n) is 37.8. The van der Waals surface area contributed by atoms with Crippen LogP contribution in [0, 0.1) is 0 Å². The van der Waals surface area contributed by atoms with Gasteiger partial charge in [-0.15, -0.1) is 10.2 Å². The number of benzene rings is 2. The standard InChI is InChI=1S/C21H24N8O3.C13H20N2O2.C9H8N6O3S/c1-21(2,12-30)27-17(31)14-7-5-13(6-8-14)9-10-23-19-25-18(22)29-20(26-19)24-16(28-29)15-4-3-11-32-15;1-13(2,9-16)15-12(17)11-5-3-10(4-6-11)7-8-14;1-19(16,17)9-12-7(10)15-8(13-9)11-6(14-15)5-3-2-4-18-5/h3-8,11,30H,9-10,12H2,1-2H3,(H,27,31)(H3,22,23,24,25,26,28);3-6,16H,7-9,14H2,1-2H3,(H,15,17);2-4H,1H3,(H2,10,11,12,13,14). The van der Waals surface area contributed by atoms with Crippen molar-refractivity contribution in [1.29, 1.82) is 0 Å². The number of aliphatic hydroxyl groups excluding tert-OH is 2. The van der Waals surface area contributed by atoms with Crippen molar-refractivity contribution >= 4 is 51.1 Å². The molecule has 6 heterocycles. The summed E-state index contributed by atoms with van der Waals surface area (Å²) in [4.78, 5) is 48.5. The average molecular weight is 953 g/mol. The third-order valence-electron chi connectivity index (χ3n) is 9.52. The largest absolute Gasteiger partial charge is 0.461 e. The van der Waals surface area contributed by atoms with Gasteiger partial charge in [-0.1, -0.05) is 24.3 Å². The molecule has 68 heavy (non-hydrogen) atoms. The molecule has 8 rings (SSSR count). The molecule has 0 aliphatic heterocycles. The third-order valence-corrected chi connectivity index (χ3v) is 10.4. The Hall–Kier alpha value is -7.87. The van der Waals surface area contributed by atoms with Crippen LogP contribution in [0.1, 0.15) is 59.5 Å². The fraction of sp³-hybridized carbons (Fsp3) is 0.302. The van der Waals surface area contributed by atoms with E-state index in [0.717, 1.165) is 28.3 Å². The molecule has 25 heteroatoms. The Bertz CT molecular complexity index is 3060. The zero-order chi connectivity index (χ0) is 49.2. The topological polar surface area (TPSA) is 361 Å². The molecule has 0 saturated carbocycles. The lowest BCUT2D eigenvalue weighted by atomic mass is 10.0. The molecule has 0 aliphatic carbocycles. The third kappa shape index (κ3) is 12.9. The number of fused-ring (bicyclic) bond motifs is 2. The van der Waals surface area contributed by atoms with E-state index in [1.54, 1.807) is 76.2 Å². The highest BCUT2D eigenvalue weighted by Crippen LogP contribution is 2.19. The molecule has 0 fully saturated rings. The highest BCUT2D eigenvalue weighted by Gasteiger charge is 2.22. The number of nitrogens with two attached hydrogens (primary N) is 3. The highest BCUT2D eigenvalue weighted by atomic mass is 32.2. The van der Waals surface area contributed by atoms with Crippen molar-refractivity contribution in [3.8, 4) is 23.2 Å². The Morgan fingerprint density at radius 3 is 1.54 bits per heavy atom. The summed E-state index contributed by atoms with van der Waals surface area (Å²) in [6.45, 7) is 7.98. The molecule has 0 bridgehead atoms. The van der Waals surface area contributed by atoms with Crippen molar-refractivity contribution in [3.05, 3.63) is 108 Å². The maximum absolute atomic E-state index is 12.3. The van der Waals surface area contributed by atoms with Crippen molar-refractivity contribution in [2.75, 3.05) is 49.3 Å². The van der Waals surface area contributed by atoms with Crippen LogP contribution < -0.4 is 33.2 Å². The second-order valence-corrected chi connectivity index (χ2v) is 18.3. The quantitative estimate of drug-likeness (QED) is 0.0728. The summed E-state index contributed by atoms with van der Waals surface area (Å²) in [5.74, 6) is 1.89. The molecule has 11 N–H and O–H groups in total. The summed E-state index contributed by atoms with van der Waals surface area (Å²) in [6, 6.07) is 21.5. The normalized spacial score (nSPS) is 11.6. The van der Waals surface area contributed by atoms with Crippen LogP contribution >= 0.6 is 0 Å². The van der Waals surface area contributed by atoms with Crippen LogP contribution in [0.2, 0.25) is 0 Å². The van der Waals surface area contributed by atoms with Crippen LogP contribution in [0.5, 0.6) is 0 Å². The van der Waals surface area contributed by atoms with E-state index in [0.29, 0.717) is 59.7 Å². The van der Waals surface area contributed by atoms with E-state index in [2.05, 4.69) is 56.1 Å². The van der Waals surface area contributed by atoms with E-state index < -0.39 is 26.1 Å². The number of aliphatic hydroxyl groups is 2. The number of nitrogens with one attached hydrogen (secondary N) is 3. The van der Waals surface area contributed by atoms with Crippen LogP contribution in [0.3, 0.4) is 0 Å². The minimum Gasteiger partial charge on any atom is -0.461 e. The first-order chi connectivity index (χ1) is 32.3. The maximum atomic E-state index is 12.3. The number of hydrogen-bond acceptors (Lipinski definition) is 20. The predicted octanol–water partition coefficient (Wildman–Crippen LogP) is 1.97. The first kappa shape index (κ1) is 49.6. The first-order valence-electron chi connectivity index (χ1n) is 20.8. The summed E-state index contributed by atoms with van der Waals surface area (Å²) < 4.78 is 35.8. The second-order valence-electron chi connectivity index (χ2n) is 16.4. The maximum Gasteiger partial charge on any atom is 0.259 e. The van der Waals surface area contributed by atoms with Gasteiger partial charge in [0.25, 0.3) is 28.5 Å². The van der Waals surface area contributed by atoms with Crippen LogP contribution in [0.15, 0.2) is 99.3 Å². The number of carbonyl (C=O) groups excluding carboxylic acids is 2. The molecule has 0 atom stereocenters. The number of hydrogen-bond donors (Lipinski definition) is 8. The summed E-state index contributed by atoms with van der Waals surface area (Å²) in [6.07, 6.45) is 5.49. The van der Waals surface area contributed by atoms with Gasteiger partial charge in [-0.05, 0) is 107 Å². The van der Waals surface area contributed by atoms with Gasteiger partial charge in [0.2, 0.25) is 39.3 Å². The number of rotatable bonds is 15. The van der Waals surface area contributed by atoms with Gasteiger partial charge in [-0.3, -0.25) is 9.59 Å². The fourth-order valence-electron chi connectivity index (χ4n) is 5.83. The van der Waals surface area contributed by atoms with Crippen molar-refractivity contribution in [1.82, 2.24) is 59.8 Å². The summed E-state index contributed by atoms with van der Waals surface area (Å²) >= 11 is 0. The van der Waals surface area contributed by atoms with Crippen molar-refractivity contribution < 1.29 is 37.1 Å². The number of amides is 2. The van der Waals surface area contributed by atoms with Crippen molar-refractivity contribution in [3.63, 3.8) is 0 Å². The molecule has 0 aliphatic rings. The van der Waals surface area contributed by atoms with Crippen LogP contribution in [-0.4, -0.2) is 123 Å². The van der Waals surface area contributed by atoms with E-state index in [9.17, 15) is 23.1 Å². The van der Waals surface area contributed by atoms with E-state index in [1.807, 2.05) is 24.3 Å². The Morgan fingerprint density at radius 2 is 1.12 bits per heavy atom. The van der Waals surface area contributed by atoms with E-state index in [1.165, 1.54) is 17.0 Å². The number of nitrogen functional groups attached to an aromatic ring is 2. The molecule has 2 aromatic carbocycles. The monoisotopic (exact) mass is 952 g/mol. The lowest BCUT2D eigenvalue weighted by Crippen LogP contribution is -2.46. The average Bonchev–Trinajstić information content (AvgIpc) is 4.15. The first-order valence-corrected chi connectivity index (χ1v) is 22.7. The van der Waals surface area contributed by atoms with E-state index >= 15 is 0 Å².